The van der Waals surface area contributed by atoms with E-state index < -0.39 is 17.1 Å². The standard InChI is InChI=1S/C45H54N2O5/c1-30(2)46-43(50)47(28-35-13-8-12-33-11-6-7-14-38(33)35)29-45(51)25-23-41-39-22-16-32(26-36(48)19-15-31(3)10-9-24-44(41,45)4)27-40(39)42(49)34-17-20-37(52-5)21-18-34/h6-8,10-14,16-18,20-22,27,30,36,41,48,51H,9,15,19,23-26,28-29H2,1-5H3,(H,46,50). The molecule has 7 heteroatoms. The number of rotatable bonds is 8. The first kappa shape index (κ1) is 37.3. The zero-order valence-corrected chi connectivity index (χ0v) is 31.3. The number of methoxy groups -OCH3 is 1. The van der Waals surface area contributed by atoms with Gasteiger partial charge in [-0.15, -0.1) is 0 Å². The van der Waals surface area contributed by atoms with Crippen LogP contribution >= 0.6 is 0 Å². The Kier molecular flexibility index (Phi) is 11.2. The van der Waals surface area contributed by atoms with Crippen molar-refractivity contribution in [1.82, 2.24) is 10.2 Å². The van der Waals surface area contributed by atoms with Crippen LogP contribution in [-0.4, -0.2) is 58.3 Å². The second kappa shape index (κ2) is 15.6. The summed E-state index contributed by atoms with van der Waals surface area (Å²) in [5.74, 6) is 0.427. The van der Waals surface area contributed by atoms with E-state index in [1.54, 1.807) is 36.3 Å². The molecular weight excluding hydrogens is 649 g/mol. The first-order valence-electron chi connectivity index (χ1n) is 18.8. The number of ketones is 1. The number of nitrogens with zero attached hydrogens (tertiary/aromatic N) is 1. The van der Waals surface area contributed by atoms with E-state index in [0.29, 0.717) is 55.5 Å². The number of amides is 2. The van der Waals surface area contributed by atoms with Gasteiger partial charge in [0.1, 0.15) is 5.75 Å². The Morgan fingerprint density at radius 2 is 1.73 bits per heavy atom. The highest BCUT2D eigenvalue weighted by atomic mass is 16.5. The maximum atomic E-state index is 14.4. The third kappa shape index (κ3) is 7.81. The van der Waals surface area contributed by atoms with Crippen molar-refractivity contribution in [3.8, 4) is 5.75 Å². The predicted molar refractivity (Wildman–Crippen MR) is 208 cm³/mol. The lowest BCUT2D eigenvalue weighted by atomic mass is 9.64. The third-order valence-electron chi connectivity index (χ3n) is 11.7. The lowest BCUT2D eigenvalue weighted by Gasteiger charge is -2.46. The van der Waals surface area contributed by atoms with E-state index in [1.165, 1.54) is 5.57 Å². The molecular formula is C45H54N2O5. The molecule has 3 aliphatic carbocycles. The highest BCUT2D eigenvalue weighted by Crippen LogP contribution is 2.59. The fraction of sp³-hybridized carbons (Fsp3) is 0.422. The monoisotopic (exact) mass is 702 g/mol. The minimum absolute atomic E-state index is 0.0740. The third-order valence-corrected chi connectivity index (χ3v) is 11.7. The molecule has 0 heterocycles. The van der Waals surface area contributed by atoms with Crippen molar-refractivity contribution in [3.05, 3.63) is 124 Å². The van der Waals surface area contributed by atoms with Gasteiger partial charge in [0.05, 0.1) is 25.4 Å². The summed E-state index contributed by atoms with van der Waals surface area (Å²) in [7, 11) is 1.60. The van der Waals surface area contributed by atoms with E-state index in [4.69, 9.17) is 4.74 Å². The van der Waals surface area contributed by atoms with Crippen molar-refractivity contribution < 1.29 is 24.5 Å². The number of aliphatic hydroxyl groups excluding tert-OH is 1. The number of aliphatic hydroxyl groups is 2. The number of carbonyl (C=O) groups excluding carboxylic acids is 2. The quantitative estimate of drug-likeness (QED) is 0.126. The Balaban J connectivity index is 1.43. The van der Waals surface area contributed by atoms with Crippen LogP contribution in [0.15, 0.2) is 96.6 Å². The Morgan fingerprint density at radius 3 is 2.48 bits per heavy atom. The van der Waals surface area contributed by atoms with Crippen molar-refractivity contribution >= 4 is 22.6 Å². The SMILES string of the molecule is COc1ccc(C(=O)c2cc3ccc2C2CCC(O)(CN(Cc4cccc5ccccc45)C(=O)NC(C)C)C2(C)CCC=C(C)CCC(O)C3)cc1. The number of hydrogen-bond acceptors (Lipinski definition) is 5. The molecule has 1 saturated carbocycles. The summed E-state index contributed by atoms with van der Waals surface area (Å²) in [6, 6.07) is 27.3. The molecule has 2 amide bonds. The smallest absolute Gasteiger partial charge is 0.317 e. The summed E-state index contributed by atoms with van der Waals surface area (Å²) in [6.45, 7) is 8.67. The summed E-state index contributed by atoms with van der Waals surface area (Å²) in [5, 5.41) is 29.4. The average Bonchev–Trinajstić information content (AvgIpc) is 3.38. The topological polar surface area (TPSA) is 99.1 Å². The van der Waals surface area contributed by atoms with Crippen LogP contribution in [0.3, 0.4) is 0 Å². The molecule has 4 atom stereocenters. The van der Waals surface area contributed by atoms with E-state index in [-0.39, 0.29) is 30.3 Å². The van der Waals surface area contributed by atoms with Gasteiger partial charge in [0.25, 0.3) is 0 Å². The maximum Gasteiger partial charge on any atom is 0.317 e. The van der Waals surface area contributed by atoms with Crippen molar-refractivity contribution in [2.75, 3.05) is 13.7 Å². The minimum Gasteiger partial charge on any atom is -0.497 e. The predicted octanol–water partition coefficient (Wildman–Crippen LogP) is 8.74. The number of nitrogens with one attached hydrogen (secondary N) is 1. The van der Waals surface area contributed by atoms with Gasteiger partial charge in [0.15, 0.2) is 5.78 Å². The van der Waals surface area contributed by atoms with Crippen LogP contribution in [0.5, 0.6) is 5.75 Å². The molecule has 1 fully saturated rings. The van der Waals surface area contributed by atoms with E-state index in [2.05, 4.69) is 55.6 Å². The fourth-order valence-corrected chi connectivity index (χ4v) is 8.58. The molecule has 4 aromatic carbocycles. The van der Waals surface area contributed by atoms with E-state index in [0.717, 1.165) is 40.3 Å². The van der Waals surface area contributed by atoms with Crippen LogP contribution in [-0.2, 0) is 13.0 Å². The molecule has 4 unspecified atom stereocenters. The Bertz CT molecular complexity index is 1930. The maximum absolute atomic E-state index is 14.4. The molecule has 0 radical (unpaired) electrons. The second-order valence-electron chi connectivity index (χ2n) is 15.6. The summed E-state index contributed by atoms with van der Waals surface area (Å²) in [5.41, 5.74) is 3.29. The number of ether oxygens (including phenoxy) is 1. The van der Waals surface area contributed by atoms with Crippen LogP contribution in [0.2, 0.25) is 0 Å². The van der Waals surface area contributed by atoms with Crippen LogP contribution in [0.25, 0.3) is 10.8 Å². The van der Waals surface area contributed by atoms with Crippen molar-refractivity contribution in [3.63, 3.8) is 0 Å². The summed E-state index contributed by atoms with van der Waals surface area (Å²) in [6.07, 6.45) is 6.12. The molecule has 4 aromatic rings. The van der Waals surface area contributed by atoms with Gasteiger partial charge in [-0.25, -0.2) is 4.79 Å². The molecule has 2 bridgehead atoms. The number of carbonyl (C=O) groups is 2. The van der Waals surface area contributed by atoms with E-state index in [9.17, 15) is 19.8 Å². The van der Waals surface area contributed by atoms with Crippen LogP contribution in [0.1, 0.15) is 105 Å². The van der Waals surface area contributed by atoms with Crippen LogP contribution < -0.4 is 10.1 Å². The van der Waals surface area contributed by atoms with Gasteiger partial charge in [0.2, 0.25) is 0 Å². The van der Waals surface area contributed by atoms with Crippen molar-refractivity contribution in [1.29, 1.82) is 0 Å². The molecule has 7 rings (SSSR count). The number of urea groups is 1. The molecule has 52 heavy (non-hydrogen) atoms. The van der Waals surface area contributed by atoms with E-state index in [1.807, 2.05) is 44.2 Å². The van der Waals surface area contributed by atoms with Gasteiger partial charge >= 0.3 is 6.03 Å². The van der Waals surface area contributed by atoms with Gasteiger partial charge in [-0.05, 0) is 129 Å². The van der Waals surface area contributed by atoms with Crippen LogP contribution in [0, 0.1) is 5.41 Å². The van der Waals surface area contributed by atoms with Crippen LogP contribution in [0.4, 0.5) is 4.79 Å². The summed E-state index contributed by atoms with van der Waals surface area (Å²) < 4.78 is 5.36. The second-order valence-corrected chi connectivity index (χ2v) is 15.6. The molecule has 0 spiro atoms. The largest absolute Gasteiger partial charge is 0.497 e. The van der Waals surface area contributed by atoms with Crippen molar-refractivity contribution in [2.24, 2.45) is 5.41 Å². The molecule has 7 nitrogen and oxygen atoms in total. The Labute approximate surface area is 308 Å². The van der Waals surface area contributed by atoms with Gasteiger partial charge in [-0.1, -0.05) is 73.2 Å². The summed E-state index contributed by atoms with van der Waals surface area (Å²) >= 11 is 0. The fourth-order valence-electron chi connectivity index (χ4n) is 8.58. The molecule has 3 aliphatic rings. The first-order valence-corrected chi connectivity index (χ1v) is 18.8. The molecule has 0 aliphatic heterocycles. The molecule has 3 N–H and O–H groups in total. The summed E-state index contributed by atoms with van der Waals surface area (Å²) in [4.78, 5) is 30.2. The highest BCUT2D eigenvalue weighted by molar-refractivity contribution is 6.10. The van der Waals surface area contributed by atoms with Crippen molar-refractivity contribution in [2.45, 2.75) is 103 Å². The molecule has 0 aromatic heterocycles. The molecule has 0 saturated heterocycles. The van der Waals surface area contributed by atoms with Gasteiger partial charge in [0, 0.05) is 29.1 Å². The molecule has 274 valence electrons. The number of benzene rings is 4. The Morgan fingerprint density at radius 1 is 0.981 bits per heavy atom. The average molecular weight is 703 g/mol. The van der Waals surface area contributed by atoms with Gasteiger partial charge in [-0.2, -0.15) is 0 Å². The lowest BCUT2D eigenvalue weighted by Crippen LogP contribution is -2.55. The zero-order valence-electron chi connectivity index (χ0n) is 31.3. The number of hydrogen-bond donors (Lipinski definition) is 3. The number of allylic oxidation sites excluding steroid dienone is 2. The highest BCUT2D eigenvalue weighted by Gasteiger charge is 2.57. The first-order chi connectivity index (χ1) is 24.9. The van der Waals surface area contributed by atoms with Gasteiger partial charge < -0.3 is 25.2 Å². The Hall–Kier alpha value is -4.46. The normalized spacial score (nSPS) is 23.5. The van der Waals surface area contributed by atoms with E-state index >= 15 is 0 Å². The van der Waals surface area contributed by atoms with Gasteiger partial charge in [-0.3, -0.25) is 4.79 Å². The lowest BCUT2D eigenvalue weighted by molar-refractivity contribution is -0.0780. The minimum atomic E-state index is -1.25. The zero-order chi connectivity index (χ0) is 37.0. The number of fused-ring (bicyclic) bond motifs is 9.